The Bertz CT molecular complexity index is 500. The van der Waals surface area contributed by atoms with Crippen molar-refractivity contribution >= 4 is 12.0 Å². The summed E-state index contributed by atoms with van der Waals surface area (Å²) in [4.78, 5) is 23.1. The first-order chi connectivity index (χ1) is 9.81. The third kappa shape index (κ3) is 5.45. The number of aliphatic carboxylic acids is 1. The fraction of sp³-hybridized carbons (Fsp3) is 0.500. The molecule has 0 saturated heterocycles. The molecule has 5 heteroatoms. The van der Waals surface area contributed by atoms with Gasteiger partial charge in [0.1, 0.15) is 6.04 Å². The van der Waals surface area contributed by atoms with Gasteiger partial charge in [-0.3, -0.25) is 0 Å². The maximum absolute atomic E-state index is 11.9. The van der Waals surface area contributed by atoms with Crippen LogP contribution in [0.1, 0.15) is 44.4 Å². The van der Waals surface area contributed by atoms with E-state index in [0.29, 0.717) is 6.42 Å². The number of hydrogen-bond acceptors (Lipinski definition) is 2. The molecule has 0 aliphatic heterocycles. The van der Waals surface area contributed by atoms with Crippen molar-refractivity contribution in [2.75, 3.05) is 0 Å². The molecule has 2 unspecified atom stereocenters. The Morgan fingerprint density at radius 1 is 1.14 bits per heavy atom. The predicted molar refractivity (Wildman–Crippen MR) is 82.1 cm³/mol. The first kappa shape index (κ1) is 17.0. The summed E-state index contributed by atoms with van der Waals surface area (Å²) >= 11 is 0. The highest BCUT2D eigenvalue weighted by Crippen LogP contribution is 2.16. The smallest absolute Gasteiger partial charge is 0.326 e. The Morgan fingerprint density at radius 2 is 1.76 bits per heavy atom. The van der Waals surface area contributed by atoms with Gasteiger partial charge in [-0.15, -0.1) is 0 Å². The van der Waals surface area contributed by atoms with Crippen LogP contribution < -0.4 is 10.6 Å². The number of nitrogens with one attached hydrogen (secondary N) is 2. The summed E-state index contributed by atoms with van der Waals surface area (Å²) in [6.07, 6.45) is 0.404. The average molecular weight is 292 g/mol. The van der Waals surface area contributed by atoms with Crippen molar-refractivity contribution in [1.29, 1.82) is 0 Å². The van der Waals surface area contributed by atoms with Crippen LogP contribution in [0.5, 0.6) is 0 Å². The molecule has 0 spiro atoms. The molecule has 1 aromatic carbocycles. The highest BCUT2D eigenvalue weighted by Gasteiger charge is 2.22. The number of carboxylic acids is 1. The Morgan fingerprint density at radius 3 is 2.29 bits per heavy atom. The summed E-state index contributed by atoms with van der Waals surface area (Å²) in [7, 11) is 0. The third-order valence-corrected chi connectivity index (χ3v) is 3.31. The molecule has 3 N–H and O–H groups in total. The number of urea groups is 1. The molecule has 0 aromatic heterocycles. The summed E-state index contributed by atoms with van der Waals surface area (Å²) in [6, 6.07) is 6.27. The monoisotopic (exact) mass is 292 g/mol. The Kier molecular flexibility index (Phi) is 6.21. The Balaban J connectivity index is 2.64. The van der Waals surface area contributed by atoms with Gasteiger partial charge in [-0.1, -0.05) is 38.1 Å². The van der Waals surface area contributed by atoms with Crippen molar-refractivity contribution in [3.63, 3.8) is 0 Å². The highest BCUT2D eigenvalue weighted by molar-refractivity contribution is 5.82. The van der Waals surface area contributed by atoms with Crippen LogP contribution >= 0.6 is 0 Å². The first-order valence-corrected chi connectivity index (χ1v) is 7.16. The number of aryl methyl sites for hydroxylation is 1. The van der Waals surface area contributed by atoms with Crippen LogP contribution in [-0.2, 0) is 4.79 Å². The predicted octanol–water partition coefficient (Wildman–Crippen LogP) is 2.85. The van der Waals surface area contributed by atoms with E-state index in [9.17, 15) is 9.59 Å². The van der Waals surface area contributed by atoms with Gasteiger partial charge in [-0.05, 0) is 37.3 Å². The van der Waals surface area contributed by atoms with E-state index in [4.69, 9.17) is 5.11 Å². The molecule has 1 rings (SSSR count). The van der Waals surface area contributed by atoms with E-state index in [1.54, 1.807) is 0 Å². The number of carboxylic acid groups (broad SMARTS) is 1. The maximum atomic E-state index is 11.9. The average Bonchev–Trinajstić information content (AvgIpc) is 2.37. The normalized spacial score (nSPS) is 13.6. The fourth-order valence-electron chi connectivity index (χ4n) is 2.24. The lowest BCUT2D eigenvalue weighted by Gasteiger charge is -2.20. The zero-order chi connectivity index (χ0) is 16.0. The molecule has 0 aliphatic carbocycles. The van der Waals surface area contributed by atoms with Crippen molar-refractivity contribution in [3.8, 4) is 0 Å². The van der Waals surface area contributed by atoms with Crippen LogP contribution in [0.4, 0.5) is 4.79 Å². The number of carbonyl (C=O) groups excluding carboxylic acids is 1. The lowest BCUT2D eigenvalue weighted by Crippen LogP contribution is -2.47. The lowest BCUT2D eigenvalue weighted by molar-refractivity contribution is -0.139. The Hall–Kier alpha value is -2.04. The minimum atomic E-state index is -1.01. The van der Waals surface area contributed by atoms with Crippen LogP contribution in [0.25, 0.3) is 0 Å². The minimum Gasteiger partial charge on any atom is -0.480 e. The zero-order valence-electron chi connectivity index (χ0n) is 13.0. The van der Waals surface area contributed by atoms with Crippen LogP contribution in [0, 0.1) is 12.8 Å². The highest BCUT2D eigenvalue weighted by atomic mass is 16.4. The number of rotatable bonds is 6. The van der Waals surface area contributed by atoms with E-state index in [2.05, 4.69) is 10.6 Å². The van der Waals surface area contributed by atoms with E-state index >= 15 is 0 Å². The molecule has 0 aliphatic rings. The van der Waals surface area contributed by atoms with Crippen LogP contribution in [0.2, 0.25) is 0 Å². The fourth-order valence-corrected chi connectivity index (χ4v) is 2.24. The van der Waals surface area contributed by atoms with Crippen molar-refractivity contribution < 1.29 is 14.7 Å². The summed E-state index contributed by atoms with van der Waals surface area (Å²) < 4.78 is 0. The molecular formula is C16H24N2O3. The molecule has 21 heavy (non-hydrogen) atoms. The summed E-state index contributed by atoms with van der Waals surface area (Å²) in [5, 5.41) is 14.4. The SMILES string of the molecule is Cc1ccccc1C(C)NC(=O)NC(CC(C)C)C(=O)O. The first-order valence-electron chi connectivity index (χ1n) is 7.16. The van der Waals surface area contributed by atoms with Gasteiger partial charge in [0.05, 0.1) is 6.04 Å². The molecule has 2 atom stereocenters. The third-order valence-electron chi connectivity index (χ3n) is 3.31. The van der Waals surface area contributed by atoms with E-state index in [1.807, 2.05) is 52.0 Å². The van der Waals surface area contributed by atoms with Gasteiger partial charge in [0.25, 0.3) is 0 Å². The summed E-state index contributed by atoms with van der Waals surface area (Å²) in [6.45, 7) is 7.70. The van der Waals surface area contributed by atoms with Gasteiger partial charge >= 0.3 is 12.0 Å². The van der Waals surface area contributed by atoms with Gasteiger partial charge in [-0.25, -0.2) is 9.59 Å². The number of benzene rings is 1. The summed E-state index contributed by atoms with van der Waals surface area (Å²) in [5.41, 5.74) is 2.10. The number of amides is 2. The molecule has 0 bridgehead atoms. The molecule has 0 heterocycles. The van der Waals surface area contributed by atoms with Gasteiger partial charge in [0.2, 0.25) is 0 Å². The molecule has 0 fully saturated rings. The number of carbonyl (C=O) groups is 2. The van der Waals surface area contributed by atoms with Crippen molar-refractivity contribution in [3.05, 3.63) is 35.4 Å². The second-order valence-corrected chi connectivity index (χ2v) is 5.72. The van der Waals surface area contributed by atoms with E-state index in [0.717, 1.165) is 11.1 Å². The van der Waals surface area contributed by atoms with Gasteiger partial charge in [0.15, 0.2) is 0 Å². The molecule has 116 valence electrons. The Labute approximate surface area is 125 Å². The van der Waals surface area contributed by atoms with Gasteiger partial charge in [0, 0.05) is 0 Å². The molecule has 2 amide bonds. The molecule has 0 saturated carbocycles. The van der Waals surface area contributed by atoms with Crippen molar-refractivity contribution in [2.24, 2.45) is 5.92 Å². The maximum Gasteiger partial charge on any atom is 0.326 e. The van der Waals surface area contributed by atoms with Crippen molar-refractivity contribution in [2.45, 2.75) is 46.2 Å². The minimum absolute atomic E-state index is 0.181. The number of hydrogen-bond donors (Lipinski definition) is 3. The lowest BCUT2D eigenvalue weighted by atomic mass is 10.0. The molecule has 1 aromatic rings. The summed E-state index contributed by atoms with van der Waals surface area (Å²) in [5.74, 6) is -0.817. The molecular weight excluding hydrogens is 268 g/mol. The van der Waals surface area contributed by atoms with Gasteiger partial charge in [-0.2, -0.15) is 0 Å². The largest absolute Gasteiger partial charge is 0.480 e. The second-order valence-electron chi connectivity index (χ2n) is 5.72. The molecule has 5 nitrogen and oxygen atoms in total. The topological polar surface area (TPSA) is 78.4 Å². The van der Waals surface area contributed by atoms with Crippen LogP contribution in [0.3, 0.4) is 0 Å². The zero-order valence-corrected chi connectivity index (χ0v) is 13.0. The van der Waals surface area contributed by atoms with Gasteiger partial charge < -0.3 is 15.7 Å². The second kappa shape index (κ2) is 7.67. The van der Waals surface area contributed by atoms with Crippen molar-refractivity contribution in [1.82, 2.24) is 10.6 Å². The van der Waals surface area contributed by atoms with E-state index in [-0.39, 0.29) is 12.0 Å². The standard InChI is InChI=1S/C16H24N2O3/c1-10(2)9-14(15(19)20)18-16(21)17-12(4)13-8-6-5-7-11(13)3/h5-8,10,12,14H,9H2,1-4H3,(H,19,20)(H2,17,18,21). The van der Waals surface area contributed by atoms with E-state index in [1.165, 1.54) is 0 Å². The van der Waals surface area contributed by atoms with Crippen LogP contribution in [-0.4, -0.2) is 23.1 Å². The van der Waals surface area contributed by atoms with Crippen LogP contribution in [0.15, 0.2) is 24.3 Å². The molecule has 0 radical (unpaired) electrons. The van der Waals surface area contributed by atoms with E-state index < -0.39 is 18.0 Å². The quantitative estimate of drug-likeness (QED) is 0.754.